The largest absolute Gasteiger partial charge is 0.494 e. The molecule has 0 saturated carbocycles. The number of carbonyl (C=O) groups is 1. The minimum Gasteiger partial charge on any atom is -0.494 e. The Labute approximate surface area is 165 Å². The zero-order valence-electron chi connectivity index (χ0n) is 14.4. The minimum atomic E-state index is -3.77. The number of halogens is 1. The Balaban J connectivity index is 1.69. The van der Waals surface area contributed by atoms with Crippen LogP contribution in [0.1, 0.15) is 5.56 Å². The highest BCUT2D eigenvalue weighted by Gasteiger charge is 2.19. The third-order valence-electron chi connectivity index (χ3n) is 3.73. The van der Waals surface area contributed by atoms with Crippen LogP contribution in [0, 0.1) is 6.92 Å². The molecule has 0 radical (unpaired) electrons. The van der Waals surface area contributed by atoms with E-state index in [1.165, 1.54) is 35.6 Å². The highest BCUT2D eigenvalue weighted by molar-refractivity contribution is 7.92. The van der Waals surface area contributed by atoms with E-state index in [0.717, 1.165) is 10.3 Å². The first-order valence-corrected chi connectivity index (χ1v) is 10.6. The van der Waals surface area contributed by atoms with Crippen LogP contribution >= 0.6 is 22.9 Å². The summed E-state index contributed by atoms with van der Waals surface area (Å²) >= 11 is 7.08. The molecule has 0 bridgehead atoms. The van der Waals surface area contributed by atoms with Crippen molar-refractivity contribution in [2.75, 3.05) is 18.3 Å². The summed E-state index contributed by atoms with van der Waals surface area (Å²) in [6, 6.07) is 9.38. The van der Waals surface area contributed by atoms with E-state index in [4.69, 9.17) is 16.3 Å². The highest BCUT2D eigenvalue weighted by Crippen LogP contribution is 2.34. The fraction of sp³-hybridized carbons (Fsp3) is 0.176. The van der Waals surface area contributed by atoms with Crippen LogP contribution in [0.4, 0.5) is 5.13 Å². The van der Waals surface area contributed by atoms with Gasteiger partial charge in [0.25, 0.3) is 5.91 Å². The summed E-state index contributed by atoms with van der Waals surface area (Å²) in [5, 5.41) is 0.844. The zero-order chi connectivity index (χ0) is 19.6. The monoisotopic (exact) mass is 425 g/mol. The van der Waals surface area contributed by atoms with E-state index in [1.807, 2.05) is 19.1 Å². The first kappa shape index (κ1) is 19.4. The zero-order valence-corrected chi connectivity index (χ0v) is 16.8. The number of aromatic nitrogens is 1. The molecule has 1 aromatic heterocycles. The predicted octanol–water partition coefficient (Wildman–Crippen LogP) is 3.18. The lowest BCUT2D eigenvalue weighted by molar-refractivity contribution is -0.118. The summed E-state index contributed by atoms with van der Waals surface area (Å²) in [4.78, 5) is 16.5. The Morgan fingerprint density at radius 2 is 1.93 bits per heavy atom. The fourth-order valence-corrected chi connectivity index (χ4v) is 4.55. The van der Waals surface area contributed by atoms with Crippen molar-refractivity contribution in [3.63, 3.8) is 0 Å². The number of sulfone groups is 1. The van der Waals surface area contributed by atoms with Gasteiger partial charge in [-0.25, -0.2) is 13.4 Å². The molecule has 1 amide bonds. The third-order valence-corrected chi connectivity index (χ3v) is 6.72. The summed E-state index contributed by atoms with van der Waals surface area (Å²) in [7, 11) is -2.21. The molecular weight excluding hydrogens is 410 g/mol. The lowest BCUT2D eigenvalue weighted by Gasteiger charge is -2.07. The smallest absolute Gasteiger partial charge is 0.253 e. The number of fused-ring (bicyclic) bond motifs is 1. The molecule has 0 spiro atoms. The Bertz CT molecular complexity index is 1100. The molecule has 10 heteroatoms. The second-order valence-corrected chi connectivity index (χ2v) is 9.09. The van der Waals surface area contributed by atoms with Gasteiger partial charge in [-0.05, 0) is 42.8 Å². The van der Waals surface area contributed by atoms with Crippen LogP contribution < -0.4 is 15.6 Å². The molecule has 3 rings (SSSR count). The number of hydrogen-bond donors (Lipinski definition) is 2. The second-order valence-electron chi connectivity index (χ2n) is 5.67. The maximum absolute atomic E-state index is 12.3. The number of anilines is 1. The molecule has 0 atom stereocenters. The number of thiazole rings is 1. The van der Waals surface area contributed by atoms with E-state index in [9.17, 15) is 13.2 Å². The summed E-state index contributed by atoms with van der Waals surface area (Å²) in [5.74, 6) is -0.779. The van der Waals surface area contributed by atoms with Gasteiger partial charge in [0.15, 0.2) is 9.84 Å². The van der Waals surface area contributed by atoms with E-state index in [-0.39, 0.29) is 4.90 Å². The van der Waals surface area contributed by atoms with Gasteiger partial charge in [-0.1, -0.05) is 29.0 Å². The number of nitrogens with zero attached hydrogens (tertiary/aromatic N) is 1. The maximum atomic E-state index is 12.3. The average molecular weight is 426 g/mol. The van der Waals surface area contributed by atoms with Crippen molar-refractivity contribution < 1.29 is 17.9 Å². The molecule has 3 aromatic rings. The van der Waals surface area contributed by atoms with Gasteiger partial charge in [0.2, 0.25) is 5.13 Å². The van der Waals surface area contributed by atoms with Crippen LogP contribution in [-0.2, 0) is 14.6 Å². The first-order valence-electron chi connectivity index (χ1n) is 7.77. The number of ether oxygens (including phenoxy) is 1. The molecular formula is C17H16ClN3O4S2. The highest BCUT2D eigenvalue weighted by atomic mass is 35.5. The topological polar surface area (TPSA) is 97.4 Å². The van der Waals surface area contributed by atoms with Gasteiger partial charge in [0, 0.05) is 5.02 Å². The maximum Gasteiger partial charge on any atom is 0.253 e. The predicted molar refractivity (Wildman–Crippen MR) is 106 cm³/mol. The van der Waals surface area contributed by atoms with Crippen LogP contribution in [-0.4, -0.2) is 32.2 Å². The SMILES string of the molecule is COc1ccc(C)c2sc(NNC(=O)CS(=O)(=O)c3ccc(Cl)cc3)nc12. The number of nitrogens with one attached hydrogen (secondary N) is 2. The van der Waals surface area contributed by atoms with Crippen LogP contribution in [0.5, 0.6) is 5.75 Å². The van der Waals surface area contributed by atoms with Crippen molar-refractivity contribution in [3.8, 4) is 5.75 Å². The molecule has 2 aromatic carbocycles. The number of amides is 1. The molecule has 27 heavy (non-hydrogen) atoms. The lowest BCUT2D eigenvalue weighted by Crippen LogP contribution is -2.34. The summed E-state index contributed by atoms with van der Waals surface area (Å²) < 4.78 is 30.7. The summed E-state index contributed by atoms with van der Waals surface area (Å²) in [6.45, 7) is 1.95. The molecule has 0 aliphatic carbocycles. The van der Waals surface area contributed by atoms with Crippen LogP contribution in [0.25, 0.3) is 10.2 Å². The number of aryl methyl sites for hydroxylation is 1. The van der Waals surface area contributed by atoms with E-state index in [2.05, 4.69) is 15.8 Å². The molecule has 0 aliphatic rings. The molecule has 0 fully saturated rings. The first-order chi connectivity index (χ1) is 12.8. The number of rotatable bonds is 6. The van der Waals surface area contributed by atoms with Crippen LogP contribution in [0.15, 0.2) is 41.3 Å². The Morgan fingerprint density at radius 3 is 2.59 bits per heavy atom. The van der Waals surface area contributed by atoms with E-state index in [0.29, 0.717) is 21.4 Å². The molecule has 0 unspecified atom stereocenters. The van der Waals surface area contributed by atoms with Crippen LogP contribution in [0.3, 0.4) is 0 Å². The molecule has 7 nitrogen and oxygen atoms in total. The number of hydrogen-bond acceptors (Lipinski definition) is 7. The van der Waals surface area contributed by atoms with E-state index < -0.39 is 21.5 Å². The normalized spacial score (nSPS) is 11.4. The number of hydrazine groups is 1. The number of methoxy groups -OCH3 is 1. The van der Waals surface area contributed by atoms with Crippen molar-refractivity contribution in [2.24, 2.45) is 0 Å². The molecule has 142 valence electrons. The molecule has 2 N–H and O–H groups in total. The standard InChI is InChI=1S/C17H16ClN3O4S2/c1-10-3-8-13(25-2)15-16(10)26-17(19-15)21-20-14(22)9-27(23,24)12-6-4-11(18)5-7-12/h3-8H,9H2,1-2H3,(H,19,21)(H,20,22). The van der Waals surface area contributed by atoms with Gasteiger partial charge in [0.05, 0.1) is 16.7 Å². The van der Waals surface area contributed by atoms with Crippen molar-refractivity contribution in [1.82, 2.24) is 10.4 Å². The molecule has 1 heterocycles. The van der Waals surface area contributed by atoms with Crippen molar-refractivity contribution in [3.05, 3.63) is 47.0 Å². The third kappa shape index (κ3) is 4.32. The molecule has 0 aliphatic heterocycles. The van der Waals surface area contributed by atoms with Gasteiger partial charge in [-0.3, -0.25) is 15.6 Å². The average Bonchev–Trinajstić information content (AvgIpc) is 3.06. The van der Waals surface area contributed by atoms with Gasteiger partial charge >= 0.3 is 0 Å². The second kappa shape index (κ2) is 7.71. The van der Waals surface area contributed by atoms with Crippen molar-refractivity contribution in [2.45, 2.75) is 11.8 Å². The summed E-state index contributed by atoms with van der Waals surface area (Å²) in [6.07, 6.45) is 0. The quantitative estimate of drug-likeness (QED) is 0.588. The minimum absolute atomic E-state index is 0.0300. The van der Waals surface area contributed by atoms with Gasteiger partial charge < -0.3 is 4.74 Å². The Kier molecular flexibility index (Phi) is 5.54. The Hall–Kier alpha value is -2.36. The van der Waals surface area contributed by atoms with Crippen molar-refractivity contribution >= 4 is 54.0 Å². The molecule has 0 saturated heterocycles. The van der Waals surface area contributed by atoms with Crippen molar-refractivity contribution in [1.29, 1.82) is 0 Å². The van der Waals surface area contributed by atoms with Gasteiger partial charge in [-0.15, -0.1) is 0 Å². The summed E-state index contributed by atoms with van der Waals surface area (Å²) in [5.41, 5.74) is 6.72. The number of carbonyl (C=O) groups excluding carboxylic acids is 1. The lowest BCUT2D eigenvalue weighted by atomic mass is 10.2. The van der Waals surface area contributed by atoms with Gasteiger partial charge in [0.1, 0.15) is 17.0 Å². The van der Waals surface area contributed by atoms with Crippen LogP contribution in [0.2, 0.25) is 5.02 Å². The Morgan fingerprint density at radius 1 is 1.22 bits per heavy atom. The fourth-order valence-electron chi connectivity index (χ4n) is 2.39. The number of benzene rings is 2. The van der Waals surface area contributed by atoms with Gasteiger partial charge in [-0.2, -0.15) is 0 Å². The van der Waals surface area contributed by atoms with E-state index in [1.54, 1.807) is 7.11 Å². The van der Waals surface area contributed by atoms with E-state index >= 15 is 0 Å².